The van der Waals surface area contributed by atoms with Crippen molar-refractivity contribution in [1.29, 1.82) is 0 Å². The first-order valence-electron chi connectivity index (χ1n) is 5.63. The SMILES string of the molecule is C#CCCN1CCCNC(C(C)C)C1. The van der Waals surface area contributed by atoms with E-state index in [1.54, 1.807) is 0 Å². The van der Waals surface area contributed by atoms with Gasteiger partial charge < -0.3 is 10.2 Å². The molecule has 0 saturated carbocycles. The highest BCUT2D eigenvalue weighted by Gasteiger charge is 2.19. The van der Waals surface area contributed by atoms with Crippen LogP contribution >= 0.6 is 0 Å². The average Bonchev–Trinajstić information content (AvgIpc) is 2.39. The van der Waals surface area contributed by atoms with Crippen molar-refractivity contribution >= 4 is 0 Å². The Kier molecular flexibility index (Phi) is 5.00. The zero-order valence-corrected chi connectivity index (χ0v) is 9.42. The summed E-state index contributed by atoms with van der Waals surface area (Å²) >= 11 is 0. The summed E-state index contributed by atoms with van der Waals surface area (Å²) in [5.41, 5.74) is 0. The Morgan fingerprint density at radius 3 is 3.00 bits per heavy atom. The summed E-state index contributed by atoms with van der Waals surface area (Å²) in [7, 11) is 0. The second-order valence-corrected chi connectivity index (χ2v) is 4.41. The molecular formula is C12H22N2. The molecule has 1 fully saturated rings. The molecule has 1 unspecified atom stereocenters. The lowest BCUT2D eigenvalue weighted by Crippen LogP contribution is -2.41. The molecule has 1 N–H and O–H groups in total. The predicted octanol–water partition coefficient (Wildman–Crippen LogP) is 1.33. The van der Waals surface area contributed by atoms with Crippen LogP contribution in [0.4, 0.5) is 0 Å². The lowest BCUT2D eigenvalue weighted by Gasteiger charge is -2.26. The molecule has 0 aromatic carbocycles. The molecule has 0 radical (unpaired) electrons. The summed E-state index contributed by atoms with van der Waals surface area (Å²) in [5.74, 6) is 3.43. The van der Waals surface area contributed by atoms with Crippen molar-refractivity contribution in [2.75, 3.05) is 26.2 Å². The molecule has 14 heavy (non-hydrogen) atoms. The van der Waals surface area contributed by atoms with E-state index in [1.807, 2.05) is 0 Å². The van der Waals surface area contributed by atoms with Crippen molar-refractivity contribution in [2.45, 2.75) is 32.7 Å². The highest BCUT2D eigenvalue weighted by Crippen LogP contribution is 2.08. The third-order valence-corrected chi connectivity index (χ3v) is 2.89. The summed E-state index contributed by atoms with van der Waals surface area (Å²) in [5, 5.41) is 3.59. The number of terminal acetylenes is 1. The van der Waals surface area contributed by atoms with Gasteiger partial charge in [0, 0.05) is 25.6 Å². The van der Waals surface area contributed by atoms with Gasteiger partial charge in [-0.3, -0.25) is 0 Å². The van der Waals surface area contributed by atoms with Crippen LogP contribution in [0.25, 0.3) is 0 Å². The third-order valence-electron chi connectivity index (χ3n) is 2.89. The van der Waals surface area contributed by atoms with E-state index in [9.17, 15) is 0 Å². The Balaban J connectivity index is 2.39. The Morgan fingerprint density at radius 2 is 2.36 bits per heavy atom. The maximum Gasteiger partial charge on any atom is 0.0217 e. The molecule has 2 nitrogen and oxygen atoms in total. The van der Waals surface area contributed by atoms with Gasteiger partial charge in [0.1, 0.15) is 0 Å². The van der Waals surface area contributed by atoms with Gasteiger partial charge in [-0.15, -0.1) is 12.3 Å². The van der Waals surface area contributed by atoms with Gasteiger partial charge in [-0.2, -0.15) is 0 Å². The summed E-state index contributed by atoms with van der Waals surface area (Å²) in [6, 6.07) is 0.635. The van der Waals surface area contributed by atoms with E-state index in [-0.39, 0.29) is 0 Å². The minimum atomic E-state index is 0.635. The maximum absolute atomic E-state index is 5.29. The van der Waals surface area contributed by atoms with Crippen molar-refractivity contribution in [3.63, 3.8) is 0 Å². The van der Waals surface area contributed by atoms with Crippen molar-refractivity contribution < 1.29 is 0 Å². The van der Waals surface area contributed by atoms with E-state index in [0.717, 1.165) is 26.1 Å². The molecule has 0 aromatic heterocycles. The van der Waals surface area contributed by atoms with Crippen molar-refractivity contribution in [1.82, 2.24) is 10.2 Å². The molecule has 0 aromatic rings. The fourth-order valence-corrected chi connectivity index (χ4v) is 1.90. The summed E-state index contributed by atoms with van der Waals surface area (Å²) in [4.78, 5) is 2.49. The quantitative estimate of drug-likeness (QED) is 0.682. The average molecular weight is 194 g/mol. The van der Waals surface area contributed by atoms with Gasteiger partial charge in [0.2, 0.25) is 0 Å². The van der Waals surface area contributed by atoms with Crippen LogP contribution in [0.2, 0.25) is 0 Å². The minimum Gasteiger partial charge on any atom is -0.312 e. The molecular weight excluding hydrogens is 172 g/mol. The molecule has 1 rings (SSSR count). The van der Waals surface area contributed by atoms with Crippen LogP contribution in [0.1, 0.15) is 26.7 Å². The van der Waals surface area contributed by atoms with Crippen LogP contribution in [-0.4, -0.2) is 37.1 Å². The van der Waals surface area contributed by atoms with Crippen LogP contribution in [0.3, 0.4) is 0 Å². The number of nitrogens with one attached hydrogen (secondary N) is 1. The van der Waals surface area contributed by atoms with E-state index in [0.29, 0.717) is 12.0 Å². The highest BCUT2D eigenvalue weighted by molar-refractivity contribution is 4.86. The number of nitrogens with zero attached hydrogens (tertiary/aromatic N) is 1. The Morgan fingerprint density at radius 1 is 1.57 bits per heavy atom. The second kappa shape index (κ2) is 6.06. The maximum atomic E-state index is 5.29. The standard InChI is InChI=1S/C12H22N2/c1-4-5-8-14-9-6-7-13-12(10-14)11(2)3/h1,11-13H,5-10H2,2-3H3. The normalized spacial score (nSPS) is 24.6. The molecule has 1 saturated heterocycles. The first-order valence-corrected chi connectivity index (χ1v) is 5.63. The molecule has 1 aliphatic heterocycles. The van der Waals surface area contributed by atoms with Crippen LogP contribution < -0.4 is 5.32 Å². The number of rotatable bonds is 3. The second-order valence-electron chi connectivity index (χ2n) is 4.41. The van der Waals surface area contributed by atoms with Crippen LogP contribution in [0, 0.1) is 18.3 Å². The largest absolute Gasteiger partial charge is 0.312 e. The van der Waals surface area contributed by atoms with E-state index in [4.69, 9.17) is 6.42 Å². The molecule has 2 heteroatoms. The van der Waals surface area contributed by atoms with Gasteiger partial charge in [-0.05, 0) is 25.4 Å². The minimum absolute atomic E-state index is 0.635. The van der Waals surface area contributed by atoms with E-state index in [1.165, 1.54) is 13.0 Å². The molecule has 0 amide bonds. The first-order chi connectivity index (χ1) is 6.74. The van der Waals surface area contributed by atoms with Gasteiger partial charge in [-0.1, -0.05) is 13.8 Å². The fraction of sp³-hybridized carbons (Fsp3) is 0.833. The zero-order chi connectivity index (χ0) is 10.4. The number of hydrogen-bond donors (Lipinski definition) is 1. The summed E-state index contributed by atoms with van der Waals surface area (Å²) in [6.07, 6.45) is 7.41. The van der Waals surface area contributed by atoms with E-state index < -0.39 is 0 Å². The lowest BCUT2D eigenvalue weighted by atomic mass is 10.0. The topological polar surface area (TPSA) is 15.3 Å². The summed E-state index contributed by atoms with van der Waals surface area (Å²) in [6.45, 7) is 9.11. The van der Waals surface area contributed by atoms with E-state index in [2.05, 4.69) is 30.0 Å². The van der Waals surface area contributed by atoms with E-state index >= 15 is 0 Å². The van der Waals surface area contributed by atoms with Gasteiger partial charge in [-0.25, -0.2) is 0 Å². The first kappa shape index (κ1) is 11.6. The van der Waals surface area contributed by atoms with Crippen LogP contribution in [0.5, 0.6) is 0 Å². The van der Waals surface area contributed by atoms with Crippen molar-refractivity contribution in [3.05, 3.63) is 0 Å². The molecule has 1 atom stereocenters. The number of hydrogen-bond acceptors (Lipinski definition) is 2. The smallest absolute Gasteiger partial charge is 0.0217 e. The van der Waals surface area contributed by atoms with Gasteiger partial charge in [0.25, 0.3) is 0 Å². The van der Waals surface area contributed by atoms with Gasteiger partial charge in [0.15, 0.2) is 0 Å². The third kappa shape index (κ3) is 3.69. The zero-order valence-electron chi connectivity index (χ0n) is 9.42. The Labute approximate surface area is 88.1 Å². The lowest BCUT2D eigenvalue weighted by molar-refractivity contribution is 0.251. The predicted molar refractivity (Wildman–Crippen MR) is 61.1 cm³/mol. The highest BCUT2D eigenvalue weighted by atomic mass is 15.2. The molecule has 1 aliphatic rings. The molecule has 1 heterocycles. The van der Waals surface area contributed by atoms with Gasteiger partial charge >= 0.3 is 0 Å². The Hall–Kier alpha value is -0.520. The molecule has 0 aliphatic carbocycles. The van der Waals surface area contributed by atoms with Crippen LogP contribution in [-0.2, 0) is 0 Å². The van der Waals surface area contributed by atoms with Crippen molar-refractivity contribution in [3.8, 4) is 12.3 Å². The van der Waals surface area contributed by atoms with Crippen molar-refractivity contribution in [2.24, 2.45) is 5.92 Å². The van der Waals surface area contributed by atoms with Crippen LogP contribution in [0.15, 0.2) is 0 Å². The monoisotopic (exact) mass is 194 g/mol. The molecule has 80 valence electrons. The Bertz CT molecular complexity index is 193. The molecule has 0 spiro atoms. The molecule has 0 bridgehead atoms. The fourth-order valence-electron chi connectivity index (χ4n) is 1.90. The summed E-state index contributed by atoms with van der Waals surface area (Å²) < 4.78 is 0. The van der Waals surface area contributed by atoms with Gasteiger partial charge in [0.05, 0.1) is 0 Å².